The van der Waals surface area contributed by atoms with Gasteiger partial charge in [-0.2, -0.15) is 0 Å². The lowest BCUT2D eigenvalue weighted by molar-refractivity contribution is -0.118. The SMILES string of the molecule is CC1(C)CC(=O)C2=C(C1)Nc1cc3c(cc1[C@@H]2c1ncc[nH]1)OCO3. The van der Waals surface area contributed by atoms with E-state index in [1.807, 2.05) is 12.1 Å². The predicted molar refractivity (Wildman–Crippen MR) is 91.7 cm³/mol. The number of nitrogens with zero attached hydrogens (tertiary/aromatic N) is 1. The van der Waals surface area contributed by atoms with Crippen LogP contribution in [-0.4, -0.2) is 22.5 Å². The van der Waals surface area contributed by atoms with E-state index in [1.54, 1.807) is 12.4 Å². The molecule has 5 rings (SSSR count). The van der Waals surface area contributed by atoms with Gasteiger partial charge in [0.2, 0.25) is 6.79 Å². The van der Waals surface area contributed by atoms with Gasteiger partial charge in [0.15, 0.2) is 17.3 Å². The van der Waals surface area contributed by atoms with E-state index in [2.05, 4.69) is 29.1 Å². The molecule has 0 saturated heterocycles. The minimum Gasteiger partial charge on any atom is -0.454 e. The Hall–Kier alpha value is -2.76. The molecule has 25 heavy (non-hydrogen) atoms. The number of hydrogen-bond donors (Lipinski definition) is 2. The summed E-state index contributed by atoms with van der Waals surface area (Å²) in [5.74, 6) is 2.20. The molecule has 3 heterocycles. The Bertz CT molecular complexity index is 912. The normalized spacial score (nSPS) is 23.1. The highest BCUT2D eigenvalue weighted by Crippen LogP contribution is 2.51. The maximum Gasteiger partial charge on any atom is 0.231 e. The molecule has 3 aliphatic rings. The summed E-state index contributed by atoms with van der Waals surface area (Å²) in [5.41, 5.74) is 3.71. The molecule has 2 N–H and O–H groups in total. The molecule has 0 radical (unpaired) electrons. The van der Waals surface area contributed by atoms with E-state index in [4.69, 9.17) is 9.47 Å². The number of H-pyrrole nitrogens is 1. The number of anilines is 1. The Morgan fingerprint density at radius 1 is 1.20 bits per heavy atom. The van der Waals surface area contributed by atoms with Crippen molar-refractivity contribution in [2.45, 2.75) is 32.6 Å². The van der Waals surface area contributed by atoms with Crippen molar-refractivity contribution >= 4 is 11.5 Å². The smallest absolute Gasteiger partial charge is 0.231 e. The van der Waals surface area contributed by atoms with Crippen molar-refractivity contribution in [3.8, 4) is 11.5 Å². The second kappa shape index (κ2) is 4.88. The van der Waals surface area contributed by atoms with Crippen LogP contribution in [0.3, 0.4) is 0 Å². The first-order valence-corrected chi connectivity index (χ1v) is 8.48. The Labute approximate surface area is 145 Å². The third-order valence-corrected chi connectivity index (χ3v) is 5.14. The van der Waals surface area contributed by atoms with Crippen LogP contribution >= 0.6 is 0 Å². The van der Waals surface area contributed by atoms with Gasteiger partial charge in [0.25, 0.3) is 0 Å². The van der Waals surface area contributed by atoms with Crippen molar-refractivity contribution in [1.29, 1.82) is 0 Å². The number of allylic oxidation sites excluding steroid dienone is 2. The highest BCUT2D eigenvalue weighted by molar-refractivity contribution is 6.01. The fourth-order valence-corrected chi connectivity index (χ4v) is 4.12. The van der Waals surface area contributed by atoms with Crippen molar-refractivity contribution in [3.05, 3.63) is 47.2 Å². The first kappa shape index (κ1) is 14.6. The zero-order chi connectivity index (χ0) is 17.2. The Balaban J connectivity index is 1.73. The molecule has 0 bridgehead atoms. The number of imidazole rings is 1. The average Bonchev–Trinajstić information content (AvgIpc) is 3.20. The van der Waals surface area contributed by atoms with Crippen LogP contribution in [-0.2, 0) is 4.79 Å². The van der Waals surface area contributed by atoms with Crippen LogP contribution in [0.2, 0.25) is 0 Å². The highest BCUT2D eigenvalue weighted by Gasteiger charge is 2.42. The van der Waals surface area contributed by atoms with E-state index < -0.39 is 0 Å². The third kappa shape index (κ3) is 2.17. The average molecular weight is 337 g/mol. The first-order valence-electron chi connectivity index (χ1n) is 8.48. The van der Waals surface area contributed by atoms with Crippen molar-refractivity contribution in [3.63, 3.8) is 0 Å². The molecular weight excluding hydrogens is 318 g/mol. The van der Waals surface area contributed by atoms with Crippen LogP contribution < -0.4 is 14.8 Å². The second-order valence-corrected chi connectivity index (χ2v) is 7.66. The Morgan fingerprint density at radius 3 is 2.76 bits per heavy atom. The molecule has 1 aromatic heterocycles. The maximum absolute atomic E-state index is 13.0. The second-order valence-electron chi connectivity index (χ2n) is 7.66. The summed E-state index contributed by atoms with van der Waals surface area (Å²) in [6.07, 6.45) is 4.90. The number of carbonyl (C=O) groups is 1. The van der Waals surface area contributed by atoms with Gasteiger partial charge in [-0.25, -0.2) is 4.98 Å². The van der Waals surface area contributed by atoms with E-state index in [0.717, 1.165) is 40.5 Å². The van der Waals surface area contributed by atoms with Crippen molar-refractivity contribution in [2.24, 2.45) is 5.41 Å². The maximum atomic E-state index is 13.0. The number of Topliss-reactive ketones (excluding diaryl/α,β-unsaturated/α-hetero) is 1. The van der Waals surface area contributed by atoms with Crippen LogP contribution in [0.25, 0.3) is 0 Å². The number of nitrogens with one attached hydrogen (secondary N) is 2. The van der Waals surface area contributed by atoms with Gasteiger partial charge in [-0.05, 0) is 23.5 Å². The molecule has 0 unspecified atom stereocenters. The summed E-state index contributed by atoms with van der Waals surface area (Å²) >= 11 is 0. The number of aromatic amines is 1. The standard InChI is InChI=1S/C19H19N3O3/c1-19(2)7-12-17(13(23)8-19)16(18-20-3-4-21-18)10-5-14-15(25-9-24-14)6-11(10)22-12/h3-6,16,22H,7-9H2,1-2H3,(H,20,21)/t16-/m0/s1. The zero-order valence-corrected chi connectivity index (χ0v) is 14.2. The summed E-state index contributed by atoms with van der Waals surface area (Å²) in [5, 5.41) is 3.49. The monoisotopic (exact) mass is 337 g/mol. The molecule has 0 saturated carbocycles. The van der Waals surface area contributed by atoms with E-state index in [0.29, 0.717) is 12.2 Å². The predicted octanol–water partition coefficient (Wildman–Crippen LogP) is 3.34. The molecule has 1 atom stereocenters. The van der Waals surface area contributed by atoms with Gasteiger partial charge in [-0.3, -0.25) is 4.79 Å². The fraction of sp³-hybridized carbons (Fsp3) is 0.368. The summed E-state index contributed by atoms with van der Waals surface area (Å²) < 4.78 is 11.1. The molecule has 128 valence electrons. The number of rotatable bonds is 1. The van der Waals surface area contributed by atoms with E-state index in [1.165, 1.54) is 0 Å². The van der Waals surface area contributed by atoms with Crippen molar-refractivity contribution in [2.75, 3.05) is 12.1 Å². The number of benzene rings is 1. The van der Waals surface area contributed by atoms with Gasteiger partial charge in [0.1, 0.15) is 5.82 Å². The molecule has 2 aromatic rings. The molecule has 6 heteroatoms. The minimum absolute atomic E-state index is 0.0511. The van der Waals surface area contributed by atoms with Crippen LogP contribution in [0.4, 0.5) is 5.69 Å². The molecule has 0 amide bonds. The van der Waals surface area contributed by atoms with E-state index in [-0.39, 0.29) is 23.9 Å². The molecular formula is C19H19N3O3. The van der Waals surface area contributed by atoms with Gasteiger partial charge in [0, 0.05) is 41.8 Å². The van der Waals surface area contributed by atoms with Gasteiger partial charge < -0.3 is 19.8 Å². The van der Waals surface area contributed by atoms with E-state index >= 15 is 0 Å². The summed E-state index contributed by atoms with van der Waals surface area (Å²) in [4.78, 5) is 20.6. The first-order chi connectivity index (χ1) is 12.0. The van der Waals surface area contributed by atoms with Gasteiger partial charge in [0.05, 0.1) is 5.92 Å². The minimum atomic E-state index is -0.209. The highest BCUT2D eigenvalue weighted by atomic mass is 16.7. The zero-order valence-electron chi connectivity index (χ0n) is 14.2. The summed E-state index contributed by atoms with van der Waals surface area (Å²) in [6.45, 7) is 4.49. The topological polar surface area (TPSA) is 76.2 Å². The number of aromatic nitrogens is 2. The number of ether oxygens (including phenoxy) is 2. The third-order valence-electron chi connectivity index (χ3n) is 5.14. The molecule has 2 aliphatic heterocycles. The largest absolute Gasteiger partial charge is 0.454 e. The lowest BCUT2D eigenvalue weighted by Gasteiger charge is -2.38. The quantitative estimate of drug-likeness (QED) is 0.835. The lowest BCUT2D eigenvalue weighted by atomic mass is 9.70. The van der Waals surface area contributed by atoms with Crippen LogP contribution in [0.15, 0.2) is 35.8 Å². The van der Waals surface area contributed by atoms with Gasteiger partial charge in [-0.15, -0.1) is 0 Å². The molecule has 0 spiro atoms. The summed E-state index contributed by atoms with van der Waals surface area (Å²) in [7, 11) is 0. The van der Waals surface area contributed by atoms with Crippen molar-refractivity contribution < 1.29 is 14.3 Å². The van der Waals surface area contributed by atoms with Crippen molar-refractivity contribution in [1.82, 2.24) is 9.97 Å². The van der Waals surface area contributed by atoms with Crippen LogP contribution in [0, 0.1) is 5.41 Å². The fourth-order valence-electron chi connectivity index (χ4n) is 4.12. The van der Waals surface area contributed by atoms with Gasteiger partial charge in [-0.1, -0.05) is 13.8 Å². The molecule has 6 nitrogen and oxygen atoms in total. The molecule has 1 aromatic carbocycles. The molecule has 1 aliphatic carbocycles. The number of fused-ring (bicyclic) bond motifs is 2. The Morgan fingerprint density at radius 2 is 2.00 bits per heavy atom. The van der Waals surface area contributed by atoms with Crippen LogP contribution in [0.1, 0.15) is 44.0 Å². The van der Waals surface area contributed by atoms with E-state index in [9.17, 15) is 4.79 Å². The molecule has 0 fully saturated rings. The number of carbonyl (C=O) groups excluding carboxylic acids is 1. The summed E-state index contributed by atoms with van der Waals surface area (Å²) in [6, 6.07) is 3.93. The number of ketones is 1. The lowest BCUT2D eigenvalue weighted by Crippen LogP contribution is -2.34. The number of hydrogen-bond acceptors (Lipinski definition) is 5. The Kier molecular flexibility index (Phi) is 2.84. The van der Waals surface area contributed by atoms with Crippen LogP contribution in [0.5, 0.6) is 11.5 Å². The van der Waals surface area contributed by atoms with Gasteiger partial charge >= 0.3 is 0 Å².